The quantitative estimate of drug-likeness (QED) is 0.790. The van der Waals surface area contributed by atoms with Gasteiger partial charge in [0.15, 0.2) is 0 Å². The third-order valence-electron chi connectivity index (χ3n) is 4.33. The zero-order valence-electron chi connectivity index (χ0n) is 14.0. The van der Waals surface area contributed by atoms with Gasteiger partial charge in [0.25, 0.3) is 0 Å². The lowest BCUT2D eigenvalue weighted by Gasteiger charge is -2.20. The minimum absolute atomic E-state index is 0.0136. The van der Waals surface area contributed by atoms with E-state index in [2.05, 4.69) is 34.1 Å². The maximum Gasteiger partial charge on any atom is 0.241 e. The first-order valence-electron chi connectivity index (χ1n) is 8.38. The number of nitrogens with one attached hydrogen (secondary N) is 2. The van der Waals surface area contributed by atoms with Crippen LogP contribution in [-0.2, 0) is 17.9 Å². The second-order valence-electron chi connectivity index (χ2n) is 6.11. The SMILES string of the molecule is CSc1ccc(CNC(=O)Cn2ccc([C@H]3CCCNC3)n2)cc1. The van der Waals surface area contributed by atoms with Crippen molar-refractivity contribution in [2.24, 2.45) is 0 Å². The Kier molecular flexibility index (Phi) is 5.93. The van der Waals surface area contributed by atoms with Gasteiger partial charge < -0.3 is 10.6 Å². The Morgan fingerprint density at radius 3 is 2.92 bits per heavy atom. The van der Waals surface area contributed by atoms with Crippen molar-refractivity contribution in [1.29, 1.82) is 0 Å². The molecule has 1 saturated heterocycles. The number of aromatic nitrogens is 2. The number of rotatable bonds is 6. The zero-order chi connectivity index (χ0) is 16.8. The van der Waals surface area contributed by atoms with E-state index in [0.717, 1.165) is 24.3 Å². The van der Waals surface area contributed by atoms with Crippen LogP contribution in [0.4, 0.5) is 0 Å². The number of nitrogens with zero attached hydrogens (tertiary/aromatic N) is 2. The fraction of sp³-hybridized carbons (Fsp3) is 0.444. The summed E-state index contributed by atoms with van der Waals surface area (Å²) in [6.07, 6.45) is 6.31. The first-order valence-corrected chi connectivity index (χ1v) is 9.61. The number of hydrogen-bond donors (Lipinski definition) is 2. The molecule has 0 aliphatic carbocycles. The van der Waals surface area contributed by atoms with Crippen molar-refractivity contribution < 1.29 is 4.79 Å². The van der Waals surface area contributed by atoms with Gasteiger partial charge in [-0.3, -0.25) is 9.48 Å². The first-order chi connectivity index (χ1) is 11.7. The van der Waals surface area contributed by atoms with Gasteiger partial charge in [-0.05, 0) is 49.4 Å². The summed E-state index contributed by atoms with van der Waals surface area (Å²) in [6.45, 7) is 2.89. The van der Waals surface area contributed by atoms with Crippen LogP contribution in [0.1, 0.15) is 30.0 Å². The van der Waals surface area contributed by atoms with E-state index in [0.29, 0.717) is 12.5 Å². The molecule has 1 aliphatic heterocycles. The molecule has 1 amide bonds. The summed E-state index contributed by atoms with van der Waals surface area (Å²) in [5.41, 5.74) is 2.19. The third-order valence-corrected chi connectivity index (χ3v) is 5.07. The van der Waals surface area contributed by atoms with E-state index in [4.69, 9.17) is 0 Å². The maximum absolute atomic E-state index is 12.1. The van der Waals surface area contributed by atoms with Gasteiger partial charge in [-0.15, -0.1) is 11.8 Å². The lowest BCUT2D eigenvalue weighted by Crippen LogP contribution is -2.29. The fourth-order valence-electron chi connectivity index (χ4n) is 2.93. The van der Waals surface area contributed by atoms with E-state index in [-0.39, 0.29) is 12.5 Å². The van der Waals surface area contributed by atoms with Crippen molar-refractivity contribution in [3.8, 4) is 0 Å². The van der Waals surface area contributed by atoms with Gasteiger partial charge in [0.05, 0.1) is 5.69 Å². The number of hydrogen-bond acceptors (Lipinski definition) is 4. The molecule has 1 fully saturated rings. The molecule has 1 aliphatic rings. The number of carbonyl (C=O) groups is 1. The Bertz CT molecular complexity index is 662. The summed E-state index contributed by atoms with van der Waals surface area (Å²) in [5, 5.41) is 10.9. The molecule has 5 nitrogen and oxygen atoms in total. The summed E-state index contributed by atoms with van der Waals surface area (Å²) >= 11 is 1.71. The van der Waals surface area contributed by atoms with Crippen LogP contribution in [-0.4, -0.2) is 35.0 Å². The van der Waals surface area contributed by atoms with Gasteiger partial charge in [-0.1, -0.05) is 12.1 Å². The standard InChI is InChI=1S/C18H24N4OS/c1-24-16-6-4-14(5-7-16)11-20-18(23)13-22-10-8-17(21-22)15-3-2-9-19-12-15/h4-8,10,15,19H,2-3,9,11-13H2,1H3,(H,20,23)/t15-/m0/s1. The summed E-state index contributed by atoms with van der Waals surface area (Å²) in [6, 6.07) is 10.3. The second kappa shape index (κ2) is 8.35. The molecule has 1 atom stereocenters. The minimum atomic E-state index is -0.0136. The van der Waals surface area contributed by atoms with Crippen LogP contribution in [0.25, 0.3) is 0 Å². The number of benzene rings is 1. The molecule has 0 spiro atoms. The molecule has 3 rings (SSSR count). The summed E-state index contributed by atoms with van der Waals surface area (Å²) < 4.78 is 1.73. The van der Waals surface area contributed by atoms with Crippen LogP contribution in [0.2, 0.25) is 0 Å². The number of piperidine rings is 1. The Balaban J connectivity index is 1.48. The molecular weight excluding hydrogens is 320 g/mol. The topological polar surface area (TPSA) is 59.0 Å². The summed E-state index contributed by atoms with van der Waals surface area (Å²) in [5.74, 6) is 0.457. The van der Waals surface area contributed by atoms with Gasteiger partial charge >= 0.3 is 0 Å². The van der Waals surface area contributed by atoms with Crippen LogP contribution in [0.15, 0.2) is 41.4 Å². The normalized spacial score (nSPS) is 17.6. The number of amides is 1. The van der Waals surface area contributed by atoms with Crippen LogP contribution in [0.5, 0.6) is 0 Å². The van der Waals surface area contributed by atoms with Crippen LogP contribution < -0.4 is 10.6 Å². The van der Waals surface area contributed by atoms with Crippen molar-refractivity contribution in [1.82, 2.24) is 20.4 Å². The molecule has 0 unspecified atom stereocenters. The monoisotopic (exact) mass is 344 g/mol. The number of thioether (sulfide) groups is 1. The van der Waals surface area contributed by atoms with E-state index >= 15 is 0 Å². The predicted molar refractivity (Wildman–Crippen MR) is 97.1 cm³/mol. The molecule has 0 radical (unpaired) electrons. The molecule has 2 N–H and O–H groups in total. The molecule has 0 bridgehead atoms. The van der Waals surface area contributed by atoms with Crippen molar-refractivity contribution in [2.75, 3.05) is 19.3 Å². The molecule has 2 aromatic rings. The highest BCUT2D eigenvalue weighted by molar-refractivity contribution is 7.98. The molecule has 0 saturated carbocycles. The fourth-order valence-corrected chi connectivity index (χ4v) is 3.34. The van der Waals surface area contributed by atoms with Crippen LogP contribution >= 0.6 is 11.8 Å². The van der Waals surface area contributed by atoms with E-state index in [1.54, 1.807) is 16.4 Å². The van der Waals surface area contributed by atoms with Crippen LogP contribution in [0.3, 0.4) is 0 Å². The first kappa shape index (κ1) is 17.0. The highest BCUT2D eigenvalue weighted by atomic mass is 32.2. The summed E-state index contributed by atoms with van der Waals surface area (Å²) in [7, 11) is 0. The van der Waals surface area contributed by atoms with Gasteiger partial charge in [-0.2, -0.15) is 5.10 Å². The highest BCUT2D eigenvalue weighted by Gasteiger charge is 2.17. The number of carbonyl (C=O) groups excluding carboxylic acids is 1. The lowest BCUT2D eigenvalue weighted by atomic mass is 9.97. The Hall–Kier alpha value is -1.79. The molecule has 1 aromatic carbocycles. The van der Waals surface area contributed by atoms with E-state index in [9.17, 15) is 4.79 Å². The maximum atomic E-state index is 12.1. The zero-order valence-corrected chi connectivity index (χ0v) is 14.8. The Morgan fingerprint density at radius 1 is 1.38 bits per heavy atom. The van der Waals surface area contributed by atoms with E-state index in [1.165, 1.54) is 17.7 Å². The van der Waals surface area contributed by atoms with Gasteiger partial charge in [-0.25, -0.2) is 0 Å². The Labute approximate surface area is 147 Å². The highest BCUT2D eigenvalue weighted by Crippen LogP contribution is 2.21. The summed E-state index contributed by atoms with van der Waals surface area (Å²) in [4.78, 5) is 13.3. The van der Waals surface area contributed by atoms with Crippen molar-refractivity contribution in [3.63, 3.8) is 0 Å². The second-order valence-corrected chi connectivity index (χ2v) is 6.99. The van der Waals surface area contributed by atoms with Crippen molar-refractivity contribution in [2.45, 2.75) is 36.7 Å². The third kappa shape index (κ3) is 4.61. The minimum Gasteiger partial charge on any atom is -0.350 e. The van der Waals surface area contributed by atoms with Crippen molar-refractivity contribution in [3.05, 3.63) is 47.8 Å². The Morgan fingerprint density at radius 2 is 2.21 bits per heavy atom. The van der Waals surface area contributed by atoms with E-state index < -0.39 is 0 Å². The molecule has 2 heterocycles. The van der Waals surface area contributed by atoms with E-state index in [1.807, 2.05) is 24.4 Å². The smallest absolute Gasteiger partial charge is 0.241 e. The van der Waals surface area contributed by atoms with Crippen LogP contribution in [0, 0.1) is 0 Å². The molecule has 128 valence electrons. The molecule has 24 heavy (non-hydrogen) atoms. The molecular formula is C18H24N4OS. The molecule has 6 heteroatoms. The lowest BCUT2D eigenvalue weighted by molar-refractivity contribution is -0.122. The van der Waals surface area contributed by atoms with Crippen molar-refractivity contribution >= 4 is 17.7 Å². The van der Waals surface area contributed by atoms with Gasteiger partial charge in [0, 0.05) is 30.1 Å². The molecule has 1 aromatic heterocycles. The van der Waals surface area contributed by atoms with Gasteiger partial charge in [0.2, 0.25) is 5.91 Å². The average Bonchev–Trinajstić information content (AvgIpc) is 3.09. The predicted octanol–water partition coefficient (Wildman–Crippen LogP) is 2.39. The average molecular weight is 344 g/mol. The van der Waals surface area contributed by atoms with Gasteiger partial charge in [0.1, 0.15) is 6.54 Å². The largest absolute Gasteiger partial charge is 0.350 e.